The van der Waals surface area contributed by atoms with E-state index < -0.39 is 33.9 Å². The summed E-state index contributed by atoms with van der Waals surface area (Å²) in [7, 11) is 0. The van der Waals surface area contributed by atoms with Crippen molar-refractivity contribution in [1.82, 2.24) is 16.0 Å². The maximum Gasteiger partial charge on any atom is 0.322 e. The van der Waals surface area contributed by atoms with E-state index in [1.165, 1.54) is 0 Å². The maximum absolute atomic E-state index is 13.2. The third-order valence-corrected chi connectivity index (χ3v) is 6.47. The Labute approximate surface area is 217 Å². The summed E-state index contributed by atoms with van der Waals surface area (Å²) in [6, 6.07) is -0.467. The molecule has 1 heterocycles. The van der Waals surface area contributed by atoms with Gasteiger partial charge in [0, 0.05) is 12.0 Å². The predicted molar refractivity (Wildman–Crippen MR) is 140 cm³/mol. The summed E-state index contributed by atoms with van der Waals surface area (Å²) in [5.41, 5.74) is -2.82. The number of carbonyl (C=O) groups is 3. The van der Waals surface area contributed by atoms with E-state index in [0.717, 1.165) is 6.42 Å². The number of ether oxygens (including phenoxy) is 2. The Morgan fingerprint density at radius 2 is 1.67 bits per heavy atom. The molecule has 1 rings (SSSR count). The van der Waals surface area contributed by atoms with Gasteiger partial charge in [-0.1, -0.05) is 13.8 Å². The second-order valence-electron chi connectivity index (χ2n) is 13.5. The van der Waals surface area contributed by atoms with Gasteiger partial charge in [0.05, 0.1) is 12.0 Å². The molecule has 1 saturated heterocycles. The molecule has 0 spiro atoms. The van der Waals surface area contributed by atoms with Crippen molar-refractivity contribution in [2.45, 2.75) is 124 Å². The Balaban J connectivity index is 2.79. The standard InChI is InChI=1S/C27H51N3O6/c1-18(2)14-19(16-28-24(5,6)17-27(11)20(31)29-22(33)30-27)15-23(3,4)21(32)36-25(7,8)12-13-35-26(9,10)34/h18-19,28,34H,12-17H2,1-11H3,(H2,29,30,31,33). The van der Waals surface area contributed by atoms with E-state index in [1.54, 1.807) is 20.8 Å². The zero-order valence-electron chi connectivity index (χ0n) is 24.4. The number of nitrogens with one attached hydrogen (secondary N) is 3. The molecule has 0 aromatic rings. The van der Waals surface area contributed by atoms with Crippen molar-refractivity contribution < 1.29 is 29.0 Å². The van der Waals surface area contributed by atoms with Crippen molar-refractivity contribution >= 4 is 17.9 Å². The Bertz CT molecular complexity index is 785. The fraction of sp³-hybridized carbons (Fsp3) is 0.889. The van der Waals surface area contributed by atoms with Crippen molar-refractivity contribution in [3.05, 3.63) is 0 Å². The van der Waals surface area contributed by atoms with Crippen LogP contribution in [0.5, 0.6) is 0 Å². The number of aliphatic hydroxyl groups is 1. The summed E-state index contributed by atoms with van der Waals surface area (Å²) in [4.78, 5) is 37.1. The van der Waals surface area contributed by atoms with Gasteiger partial charge in [0.2, 0.25) is 0 Å². The molecule has 0 aromatic carbocycles. The van der Waals surface area contributed by atoms with E-state index in [2.05, 4.69) is 29.8 Å². The van der Waals surface area contributed by atoms with E-state index >= 15 is 0 Å². The van der Waals surface area contributed by atoms with Gasteiger partial charge in [0.15, 0.2) is 5.79 Å². The molecule has 1 fully saturated rings. The fourth-order valence-electron chi connectivity index (χ4n) is 4.77. The molecule has 4 N–H and O–H groups in total. The van der Waals surface area contributed by atoms with E-state index in [0.29, 0.717) is 31.7 Å². The number of esters is 1. The molecule has 2 atom stereocenters. The first-order chi connectivity index (χ1) is 16.1. The molecular weight excluding hydrogens is 462 g/mol. The van der Waals surface area contributed by atoms with Crippen LogP contribution in [-0.4, -0.2) is 58.6 Å². The van der Waals surface area contributed by atoms with Gasteiger partial charge in [-0.15, -0.1) is 0 Å². The van der Waals surface area contributed by atoms with Crippen LogP contribution >= 0.6 is 0 Å². The summed E-state index contributed by atoms with van der Waals surface area (Å²) < 4.78 is 11.3. The lowest BCUT2D eigenvalue weighted by molar-refractivity contribution is -0.189. The third kappa shape index (κ3) is 11.1. The van der Waals surface area contributed by atoms with Crippen molar-refractivity contribution in [1.29, 1.82) is 0 Å². The summed E-state index contributed by atoms with van der Waals surface area (Å²) in [5.74, 6) is -1.16. The van der Waals surface area contributed by atoms with Crippen molar-refractivity contribution in [3.8, 4) is 0 Å². The molecule has 0 radical (unpaired) electrons. The van der Waals surface area contributed by atoms with Gasteiger partial charge in [-0.05, 0) is 100.0 Å². The lowest BCUT2D eigenvalue weighted by Gasteiger charge is -2.37. The van der Waals surface area contributed by atoms with Crippen molar-refractivity contribution in [2.24, 2.45) is 17.3 Å². The smallest absolute Gasteiger partial charge is 0.322 e. The minimum Gasteiger partial charge on any atom is -0.459 e. The lowest BCUT2D eigenvalue weighted by atomic mass is 9.78. The third-order valence-electron chi connectivity index (χ3n) is 6.47. The Morgan fingerprint density at radius 3 is 2.14 bits per heavy atom. The summed E-state index contributed by atoms with van der Waals surface area (Å²) in [6.45, 7) is 21.7. The number of carbonyl (C=O) groups excluding carboxylic acids is 3. The molecule has 2 unspecified atom stereocenters. The molecule has 1 aliphatic heterocycles. The van der Waals surface area contributed by atoms with Gasteiger partial charge in [-0.2, -0.15) is 0 Å². The highest BCUT2D eigenvalue weighted by Gasteiger charge is 2.45. The number of hydrogen-bond acceptors (Lipinski definition) is 7. The van der Waals surface area contributed by atoms with Crippen molar-refractivity contribution in [2.75, 3.05) is 13.2 Å². The highest BCUT2D eigenvalue weighted by molar-refractivity contribution is 6.06. The summed E-state index contributed by atoms with van der Waals surface area (Å²) >= 11 is 0. The molecule has 0 saturated carbocycles. The highest BCUT2D eigenvalue weighted by atomic mass is 16.6. The first kappa shape index (κ1) is 32.3. The number of urea groups is 1. The molecule has 0 aliphatic carbocycles. The molecule has 9 nitrogen and oxygen atoms in total. The van der Waals surface area contributed by atoms with E-state index in [-0.39, 0.29) is 24.4 Å². The van der Waals surface area contributed by atoms with Gasteiger partial charge in [0.1, 0.15) is 11.1 Å². The molecule has 9 heteroatoms. The molecule has 0 bridgehead atoms. The van der Waals surface area contributed by atoms with E-state index in [9.17, 15) is 19.5 Å². The monoisotopic (exact) mass is 513 g/mol. The average molecular weight is 514 g/mol. The number of hydrogen-bond donors (Lipinski definition) is 4. The Hall–Kier alpha value is -1.71. The molecule has 0 aromatic heterocycles. The first-order valence-electron chi connectivity index (χ1n) is 13.0. The van der Waals surface area contributed by atoms with Gasteiger partial charge in [0.25, 0.3) is 5.91 Å². The van der Waals surface area contributed by atoms with E-state index in [4.69, 9.17) is 9.47 Å². The van der Waals surface area contributed by atoms with Crippen LogP contribution in [0.1, 0.15) is 102 Å². The quantitative estimate of drug-likeness (QED) is 0.149. The summed E-state index contributed by atoms with van der Waals surface area (Å²) in [5, 5.41) is 18.4. The van der Waals surface area contributed by atoms with Crippen molar-refractivity contribution in [3.63, 3.8) is 0 Å². The van der Waals surface area contributed by atoms with Gasteiger partial charge in [-0.3, -0.25) is 14.9 Å². The molecule has 3 amide bonds. The zero-order chi connectivity index (χ0) is 28.2. The second kappa shape index (κ2) is 11.8. The van der Waals surface area contributed by atoms with Crippen LogP contribution in [0.25, 0.3) is 0 Å². The minimum absolute atomic E-state index is 0.202. The van der Waals surface area contributed by atoms with Gasteiger partial charge < -0.3 is 25.2 Å². The summed E-state index contributed by atoms with van der Waals surface area (Å²) in [6.07, 6.45) is 2.46. The molecular formula is C27H51N3O6. The fourth-order valence-corrected chi connectivity index (χ4v) is 4.77. The van der Waals surface area contributed by atoms with Crippen LogP contribution in [0.3, 0.4) is 0 Å². The van der Waals surface area contributed by atoms with Crippen LogP contribution in [-0.2, 0) is 19.1 Å². The average Bonchev–Trinajstić information content (AvgIpc) is 2.87. The topological polar surface area (TPSA) is 126 Å². The van der Waals surface area contributed by atoms with Gasteiger partial charge >= 0.3 is 12.0 Å². The lowest BCUT2D eigenvalue weighted by Crippen LogP contribution is -2.54. The van der Waals surface area contributed by atoms with Crippen LogP contribution in [0.2, 0.25) is 0 Å². The number of amides is 3. The van der Waals surface area contributed by atoms with Crippen LogP contribution in [0, 0.1) is 17.3 Å². The number of rotatable bonds is 15. The molecule has 1 aliphatic rings. The normalized spacial score (nSPS) is 20.4. The minimum atomic E-state index is -1.23. The SMILES string of the molecule is CC(C)CC(CNC(C)(C)CC1(C)NC(=O)NC1=O)CC(C)(C)C(=O)OC(C)(C)CCOC(C)(C)O. The Kier molecular flexibility index (Phi) is 10.6. The van der Waals surface area contributed by atoms with E-state index in [1.807, 2.05) is 41.5 Å². The largest absolute Gasteiger partial charge is 0.459 e. The highest BCUT2D eigenvalue weighted by Crippen LogP contribution is 2.33. The second-order valence-corrected chi connectivity index (χ2v) is 13.5. The molecule has 210 valence electrons. The van der Waals surface area contributed by atoms with Crippen LogP contribution < -0.4 is 16.0 Å². The van der Waals surface area contributed by atoms with Crippen LogP contribution in [0.15, 0.2) is 0 Å². The zero-order valence-corrected chi connectivity index (χ0v) is 24.4. The number of imide groups is 1. The predicted octanol–water partition coefficient (Wildman–Crippen LogP) is 3.88. The van der Waals surface area contributed by atoms with Crippen LogP contribution in [0.4, 0.5) is 4.79 Å². The maximum atomic E-state index is 13.2. The first-order valence-corrected chi connectivity index (χ1v) is 13.0. The Morgan fingerprint density at radius 1 is 1.08 bits per heavy atom. The van der Waals surface area contributed by atoms with Gasteiger partial charge in [-0.25, -0.2) is 4.79 Å². The molecule has 36 heavy (non-hydrogen) atoms.